The minimum atomic E-state index is 0.277. The van der Waals surface area contributed by atoms with Crippen molar-refractivity contribution >= 4 is 33.6 Å². The van der Waals surface area contributed by atoms with Crippen LogP contribution < -0.4 is 5.32 Å². The summed E-state index contributed by atoms with van der Waals surface area (Å²) in [7, 11) is 0. The maximum atomic E-state index is 4.57. The Hall–Kier alpha value is -2.96. The van der Waals surface area contributed by atoms with E-state index in [1.54, 1.807) is 12.4 Å². The van der Waals surface area contributed by atoms with Gasteiger partial charge >= 0.3 is 0 Å². The molecule has 4 aromatic heterocycles. The van der Waals surface area contributed by atoms with Crippen molar-refractivity contribution in [2.45, 2.75) is 26.8 Å². The first-order chi connectivity index (χ1) is 11.1. The van der Waals surface area contributed by atoms with Crippen LogP contribution in [0, 0.1) is 6.92 Å². The molecule has 116 valence electrons. The number of hydrogen-bond donors (Lipinski definition) is 2. The van der Waals surface area contributed by atoms with Crippen molar-refractivity contribution in [2.24, 2.45) is 0 Å². The van der Waals surface area contributed by atoms with E-state index in [0.29, 0.717) is 0 Å². The van der Waals surface area contributed by atoms with E-state index in [2.05, 4.69) is 50.5 Å². The number of aromatic nitrogens is 6. The third-order valence-corrected chi connectivity index (χ3v) is 3.82. The van der Waals surface area contributed by atoms with Gasteiger partial charge in [-0.15, -0.1) is 0 Å². The molecule has 4 aromatic rings. The van der Waals surface area contributed by atoms with E-state index < -0.39 is 0 Å². The topological polar surface area (TPSA) is 84.3 Å². The smallest absolute Gasteiger partial charge is 0.161 e. The fraction of sp³-hybridized carbons (Fsp3) is 0.250. The van der Waals surface area contributed by atoms with Crippen molar-refractivity contribution in [1.29, 1.82) is 0 Å². The predicted molar refractivity (Wildman–Crippen MR) is 89.8 cm³/mol. The van der Waals surface area contributed by atoms with E-state index in [1.807, 2.05) is 23.7 Å². The Morgan fingerprint density at radius 3 is 2.91 bits per heavy atom. The summed E-state index contributed by atoms with van der Waals surface area (Å²) in [5.74, 6) is 0.739. The number of anilines is 2. The Labute approximate surface area is 132 Å². The first kappa shape index (κ1) is 13.7. The van der Waals surface area contributed by atoms with Gasteiger partial charge in [-0.05, 0) is 39.0 Å². The van der Waals surface area contributed by atoms with Crippen LogP contribution in [0.4, 0.5) is 11.5 Å². The normalized spacial score (nSPS) is 11.7. The van der Waals surface area contributed by atoms with Crippen molar-refractivity contribution in [3.8, 4) is 0 Å². The molecule has 23 heavy (non-hydrogen) atoms. The third-order valence-electron chi connectivity index (χ3n) is 3.82. The monoisotopic (exact) mass is 307 g/mol. The summed E-state index contributed by atoms with van der Waals surface area (Å²) in [5, 5.41) is 17.1. The minimum absolute atomic E-state index is 0.277. The second kappa shape index (κ2) is 5.05. The van der Waals surface area contributed by atoms with E-state index >= 15 is 0 Å². The molecule has 0 aliphatic rings. The molecule has 7 heteroatoms. The van der Waals surface area contributed by atoms with Gasteiger partial charge in [-0.1, -0.05) is 0 Å². The molecule has 7 nitrogen and oxygen atoms in total. The maximum absolute atomic E-state index is 4.57. The fourth-order valence-corrected chi connectivity index (χ4v) is 2.68. The summed E-state index contributed by atoms with van der Waals surface area (Å²) in [6.45, 7) is 6.20. The second-order valence-electron chi connectivity index (χ2n) is 5.82. The summed E-state index contributed by atoms with van der Waals surface area (Å²) in [6.07, 6.45) is 3.54. The molecular formula is C16H17N7. The third kappa shape index (κ3) is 2.21. The summed E-state index contributed by atoms with van der Waals surface area (Å²) in [6, 6.07) is 6.20. The van der Waals surface area contributed by atoms with Crippen LogP contribution in [0.3, 0.4) is 0 Å². The highest BCUT2D eigenvalue weighted by molar-refractivity contribution is 5.90. The molecule has 0 unspecified atom stereocenters. The number of fused-ring (bicyclic) bond motifs is 2. The van der Waals surface area contributed by atoms with Gasteiger partial charge in [0.2, 0.25) is 0 Å². The van der Waals surface area contributed by atoms with E-state index in [1.165, 1.54) is 0 Å². The zero-order valence-electron chi connectivity index (χ0n) is 13.2. The van der Waals surface area contributed by atoms with E-state index in [9.17, 15) is 0 Å². The summed E-state index contributed by atoms with van der Waals surface area (Å²) in [5.41, 5.74) is 3.50. The first-order valence-electron chi connectivity index (χ1n) is 7.54. The second-order valence-corrected chi connectivity index (χ2v) is 5.82. The van der Waals surface area contributed by atoms with Crippen LogP contribution in [0.5, 0.6) is 0 Å². The van der Waals surface area contributed by atoms with Gasteiger partial charge in [0.05, 0.1) is 23.0 Å². The first-order valence-corrected chi connectivity index (χ1v) is 7.54. The van der Waals surface area contributed by atoms with Gasteiger partial charge in [-0.3, -0.25) is 5.10 Å². The lowest BCUT2D eigenvalue weighted by atomic mass is 10.2. The lowest BCUT2D eigenvalue weighted by Crippen LogP contribution is -2.03. The Balaban J connectivity index is 1.76. The van der Waals surface area contributed by atoms with Crippen molar-refractivity contribution in [1.82, 2.24) is 29.9 Å². The van der Waals surface area contributed by atoms with Crippen LogP contribution in [0.2, 0.25) is 0 Å². The Kier molecular flexibility index (Phi) is 3.00. The van der Waals surface area contributed by atoms with Crippen molar-refractivity contribution in [2.75, 3.05) is 5.32 Å². The molecule has 0 amide bonds. The Morgan fingerprint density at radius 2 is 2.09 bits per heavy atom. The lowest BCUT2D eigenvalue weighted by molar-refractivity contribution is 0.542. The van der Waals surface area contributed by atoms with Crippen LogP contribution in [-0.2, 0) is 0 Å². The van der Waals surface area contributed by atoms with Crippen LogP contribution in [0.1, 0.15) is 25.6 Å². The maximum Gasteiger partial charge on any atom is 0.161 e. The number of hydrogen-bond acceptors (Lipinski definition) is 5. The highest BCUT2D eigenvalue weighted by atomic mass is 15.3. The molecular weight excluding hydrogens is 290 g/mol. The highest BCUT2D eigenvalue weighted by Gasteiger charge is 2.13. The predicted octanol–water partition coefficient (Wildman–Crippen LogP) is 3.34. The minimum Gasteiger partial charge on any atom is -0.337 e. The quantitative estimate of drug-likeness (QED) is 0.606. The highest BCUT2D eigenvalue weighted by Crippen LogP contribution is 2.26. The van der Waals surface area contributed by atoms with Gasteiger partial charge in [0.25, 0.3) is 0 Å². The zero-order valence-corrected chi connectivity index (χ0v) is 13.2. The molecule has 0 saturated heterocycles. The van der Waals surface area contributed by atoms with Crippen molar-refractivity contribution in [3.05, 3.63) is 36.3 Å². The van der Waals surface area contributed by atoms with Crippen LogP contribution in [0.25, 0.3) is 22.1 Å². The molecule has 4 rings (SSSR count). The zero-order chi connectivity index (χ0) is 16.0. The molecule has 0 aromatic carbocycles. The van der Waals surface area contributed by atoms with Gasteiger partial charge in [0.15, 0.2) is 17.1 Å². The van der Waals surface area contributed by atoms with Crippen molar-refractivity contribution < 1.29 is 0 Å². The largest absolute Gasteiger partial charge is 0.337 e. The number of aromatic amines is 1. The van der Waals surface area contributed by atoms with Crippen LogP contribution in [0.15, 0.2) is 30.6 Å². The molecule has 0 spiro atoms. The van der Waals surface area contributed by atoms with E-state index in [0.717, 1.165) is 39.3 Å². The fourth-order valence-electron chi connectivity index (χ4n) is 2.68. The van der Waals surface area contributed by atoms with E-state index in [4.69, 9.17) is 0 Å². The molecule has 0 atom stereocenters. The number of nitrogens with one attached hydrogen (secondary N) is 2. The molecule has 2 N–H and O–H groups in total. The molecule has 0 saturated carbocycles. The molecule has 0 fully saturated rings. The molecule has 4 heterocycles. The standard InChI is InChI=1S/C16H17N7/c1-9(2)23-16-13(10(3)22-23)7-11(8-18-16)19-15-12-5-4-6-17-14(12)20-21-15/h4-9H,1-3H3,(H2,17,19,20,21). The number of rotatable bonds is 3. The van der Waals surface area contributed by atoms with E-state index in [-0.39, 0.29) is 6.04 Å². The Morgan fingerprint density at radius 1 is 1.22 bits per heavy atom. The van der Waals surface area contributed by atoms with Gasteiger partial charge in [0, 0.05) is 17.6 Å². The number of aryl methyl sites for hydroxylation is 1. The van der Waals surface area contributed by atoms with Gasteiger partial charge < -0.3 is 5.32 Å². The average molecular weight is 307 g/mol. The van der Waals surface area contributed by atoms with Crippen molar-refractivity contribution in [3.63, 3.8) is 0 Å². The van der Waals surface area contributed by atoms with Gasteiger partial charge in [-0.2, -0.15) is 10.2 Å². The number of H-pyrrole nitrogens is 1. The average Bonchev–Trinajstić information content (AvgIpc) is 3.10. The summed E-state index contributed by atoms with van der Waals surface area (Å²) >= 11 is 0. The number of nitrogens with zero attached hydrogens (tertiary/aromatic N) is 5. The Bertz CT molecular complexity index is 996. The van der Waals surface area contributed by atoms with Crippen LogP contribution in [-0.4, -0.2) is 29.9 Å². The lowest BCUT2D eigenvalue weighted by Gasteiger charge is -2.07. The van der Waals surface area contributed by atoms with Crippen LogP contribution >= 0.6 is 0 Å². The molecule has 0 aliphatic heterocycles. The summed E-state index contributed by atoms with van der Waals surface area (Å²) < 4.78 is 1.95. The number of pyridine rings is 2. The molecule has 0 aliphatic carbocycles. The van der Waals surface area contributed by atoms with Gasteiger partial charge in [-0.25, -0.2) is 14.6 Å². The molecule has 0 bridgehead atoms. The summed E-state index contributed by atoms with van der Waals surface area (Å²) in [4.78, 5) is 8.81. The SMILES string of the molecule is Cc1nn(C(C)C)c2ncc(Nc3n[nH]c4ncccc34)cc12. The van der Waals surface area contributed by atoms with Gasteiger partial charge in [0.1, 0.15) is 0 Å². The molecule has 0 radical (unpaired) electrons.